The van der Waals surface area contributed by atoms with E-state index >= 15 is 0 Å². The third kappa shape index (κ3) is 7.56. The highest BCUT2D eigenvalue weighted by molar-refractivity contribution is 5.78. The highest BCUT2D eigenvalue weighted by Crippen LogP contribution is 2.28. The van der Waals surface area contributed by atoms with Crippen molar-refractivity contribution in [3.63, 3.8) is 0 Å². The third-order valence-electron chi connectivity index (χ3n) is 3.85. The number of halogens is 1. The summed E-state index contributed by atoms with van der Waals surface area (Å²) in [5.74, 6) is 0.774. The molecule has 5 nitrogen and oxygen atoms in total. The summed E-state index contributed by atoms with van der Waals surface area (Å²) in [5.41, 5.74) is 1.85. The molecule has 0 radical (unpaired) electrons. The first-order valence-corrected chi connectivity index (χ1v) is 9.52. The molecule has 0 spiro atoms. The fourth-order valence-corrected chi connectivity index (χ4v) is 2.69. The lowest BCUT2D eigenvalue weighted by Gasteiger charge is -2.21. The lowest BCUT2D eigenvalue weighted by molar-refractivity contribution is -0.686. The maximum Gasteiger partial charge on any atom is 0.258 e. The van der Waals surface area contributed by atoms with Gasteiger partial charge in [-0.15, -0.1) is 0 Å². The van der Waals surface area contributed by atoms with E-state index in [1.807, 2.05) is 45.9 Å². The quantitative estimate of drug-likeness (QED) is 0.693. The van der Waals surface area contributed by atoms with Gasteiger partial charge in [-0.3, -0.25) is 4.79 Å². The van der Waals surface area contributed by atoms with Gasteiger partial charge in [-0.25, -0.2) is 4.39 Å². The van der Waals surface area contributed by atoms with Crippen LogP contribution in [0.3, 0.4) is 0 Å². The Morgan fingerprint density at radius 2 is 1.64 bits per heavy atom. The van der Waals surface area contributed by atoms with E-state index in [1.54, 1.807) is 12.1 Å². The largest absolute Gasteiger partial charge is 0.490 e. The Balaban J connectivity index is 1.93. The van der Waals surface area contributed by atoms with Gasteiger partial charge in [-0.05, 0) is 58.0 Å². The molecule has 0 bridgehead atoms. The summed E-state index contributed by atoms with van der Waals surface area (Å²) in [6.45, 7) is 9.64. The molecule has 0 saturated carbocycles. The molecular formula is C22H30FN2O3+. The fraction of sp³-hybridized carbons (Fsp3) is 0.409. The van der Waals surface area contributed by atoms with Crippen molar-refractivity contribution in [2.45, 2.75) is 46.3 Å². The van der Waals surface area contributed by atoms with Crippen LogP contribution in [0.2, 0.25) is 0 Å². The van der Waals surface area contributed by atoms with Gasteiger partial charge < -0.3 is 20.1 Å². The van der Waals surface area contributed by atoms with E-state index in [-0.39, 0.29) is 23.9 Å². The van der Waals surface area contributed by atoms with Crippen LogP contribution in [0.4, 0.5) is 4.39 Å². The number of benzene rings is 2. The van der Waals surface area contributed by atoms with Gasteiger partial charge in [0.15, 0.2) is 18.1 Å². The molecule has 3 N–H and O–H groups in total. The van der Waals surface area contributed by atoms with Gasteiger partial charge in [-0.1, -0.05) is 12.1 Å². The molecule has 0 unspecified atom stereocenters. The number of ether oxygens (including phenoxy) is 2. The van der Waals surface area contributed by atoms with E-state index in [2.05, 4.69) is 10.6 Å². The van der Waals surface area contributed by atoms with Gasteiger partial charge in [0.25, 0.3) is 5.91 Å². The van der Waals surface area contributed by atoms with Crippen LogP contribution in [0.15, 0.2) is 42.5 Å². The maximum atomic E-state index is 13.0. The number of quaternary nitrogens is 1. The second-order valence-electron chi connectivity index (χ2n) is 7.62. The molecule has 2 aromatic carbocycles. The van der Waals surface area contributed by atoms with Crippen molar-refractivity contribution in [1.82, 2.24) is 5.32 Å². The van der Waals surface area contributed by atoms with Crippen LogP contribution < -0.4 is 20.1 Å². The first-order valence-electron chi connectivity index (χ1n) is 9.52. The highest BCUT2D eigenvalue weighted by Gasteiger charge is 2.15. The summed E-state index contributed by atoms with van der Waals surface area (Å²) < 4.78 is 24.3. The van der Waals surface area contributed by atoms with E-state index < -0.39 is 0 Å². The van der Waals surface area contributed by atoms with Crippen LogP contribution in [0.1, 0.15) is 38.8 Å². The van der Waals surface area contributed by atoms with E-state index in [0.29, 0.717) is 18.1 Å². The Morgan fingerprint density at radius 3 is 2.29 bits per heavy atom. The van der Waals surface area contributed by atoms with Crippen molar-refractivity contribution in [2.75, 3.05) is 13.2 Å². The van der Waals surface area contributed by atoms with Gasteiger partial charge >= 0.3 is 0 Å². The van der Waals surface area contributed by atoms with E-state index in [0.717, 1.165) is 24.2 Å². The van der Waals surface area contributed by atoms with E-state index in [9.17, 15) is 9.18 Å². The SMILES string of the molecule is CCOc1cc(C[NH2+]Cc2ccc(F)cc2)ccc1OCC(=O)NC(C)(C)C. The van der Waals surface area contributed by atoms with Gasteiger partial charge in [-0.2, -0.15) is 0 Å². The average Bonchev–Trinajstić information content (AvgIpc) is 2.61. The monoisotopic (exact) mass is 389 g/mol. The Hall–Kier alpha value is -2.60. The van der Waals surface area contributed by atoms with Crippen LogP contribution in [-0.2, 0) is 17.9 Å². The summed E-state index contributed by atoms with van der Waals surface area (Å²) in [7, 11) is 0. The topological polar surface area (TPSA) is 64.2 Å². The summed E-state index contributed by atoms with van der Waals surface area (Å²) in [6, 6.07) is 12.2. The molecule has 0 heterocycles. The van der Waals surface area contributed by atoms with Crippen molar-refractivity contribution in [1.29, 1.82) is 0 Å². The number of hydrogen-bond acceptors (Lipinski definition) is 3. The molecule has 152 valence electrons. The molecular weight excluding hydrogens is 359 g/mol. The number of carbonyl (C=O) groups is 1. The molecule has 0 fully saturated rings. The molecule has 2 aromatic rings. The number of carbonyl (C=O) groups excluding carboxylic acids is 1. The maximum absolute atomic E-state index is 13.0. The Labute approximate surface area is 166 Å². The van der Waals surface area contributed by atoms with E-state index in [1.165, 1.54) is 12.1 Å². The van der Waals surface area contributed by atoms with Crippen molar-refractivity contribution in [2.24, 2.45) is 0 Å². The highest BCUT2D eigenvalue weighted by atomic mass is 19.1. The molecule has 0 aliphatic heterocycles. The summed E-state index contributed by atoms with van der Waals surface area (Å²) in [6.07, 6.45) is 0. The number of hydrogen-bond donors (Lipinski definition) is 2. The minimum atomic E-state index is -0.298. The summed E-state index contributed by atoms with van der Waals surface area (Å²) in [5, 5.41) is 5.00. The number of nitrogens with two attached hydrogens (primary N) is 1. The number of amides is 1. The molecule has 1 amide bonds. The molecule has 0 aliphatic rings. The minimum Gasteiger partial charge on any atom is -0.490 e. The first kappa shape index (κ1) is 21.7. The zero-order chi connectivity index (χ0) is 20.6. The van der Waals surface area contributed by atoms with Gasteiger partial charge in [0.1, 0.15) is 18.9 Å². The zero-order valence-corrected chi connectivity index (χ0v) is 17.0. The van der Waals surface area contributed by atoms with Gasteiger partial charge in [0.2, 0.25) is 0 Å². The van der Waals surface area contributed by atoms with Crippen LogP contribution >= 0.6 is 0 Å². The summed E-state index contributed by atoms with van der Waals surface area (Å²) >= 11 is 0. The molecule has 2 rings (SSSR count). The molecule has 0 aliphatic carbocycles. The van der Waals surface area contributed by atoms with Crippen molar-refractivity contribution < 1.29 is 24.0 Å². The molecule has 6 heteroatoms. The molecule has 0 saturated heterocycles. The second kappa shape index (κ2) is 10.1. The van der Waals surface area contributed by atoms with E-state index in [4.69, 9.17) is 9.47 Å². The molecule has 0 atom stereocenters. The number of nitrogens with one attached hydrogen (secondary N) is 1. The van der Waals surface area contributed by atoms with Crippen LogP contribution in [0, 0.1) is 5.82 Å². The van der Waals surface area contributed by atoms with Crippen molar-refractivity contribution >= 4 is 5.91 Å². The van der Waals surface area contributed by atoms with Gasteiger partial charge in [0, 0.05) is 16.7 Å². The van der Waals surface area contributed by atoms with Gasteiger partial charge in [0.05, 0.1) is 6.61 Å². The predicted octanol–water partition coefficient (Wildman–Crippen LogP) is 2.78. The van der Waals surface area contributed by atoms with Crippen LogP contribution in [0.25, 0.3) is 0 Å². The smallest absolute Gasteiger partial charge is 0.258 e. The Kier molecular flexibility index (Phi) is 7.81. The average molecular weight is 389 g/mol. The second-order valence-corrected chi connectivity index (χ2v) is 7.62. The Bertz CT molecular complexity index is 770. The molecule has 0 aromatic heterocycles. The Morgan fingerprint density at radius 1 is 1.00 bits per heavy atom. The van der Waals surface area contributed by atoms with Crippen LogP contribution in [-0.4, -0.2) is 24.7 Å². The van der Waals surface area contributed by atoms with Crippen LogP contribution in [0.5, 0.6) is 11.5 Å². The third-order valence-corrected chi connectivity index (χ3v) is 3.85. The standard InChI is InChI=1S/C22H29FN2O3/c1-5-27-20-12-17(14-24-13-16-6-9-18(23)10-7-16)8-11-19(20)28-15-21(26)25-22(2,3)4/h6-12,24H,5,13-15H2,1-4H3,(H,25,26)/p+1. The van der Waals surface area contributed by atoms with Crippen molar-refractivity contribution in [3.8, 4) is 11.5 Å². The summed E-state index contributed by atoms with van der Waals surface area (Å²) in [4.78, 5) is 12.0. The normalized spacial score (nSPS) is 11.2. The lowest BCUT2D eigenvalue weighted by Crippen LogP contribution is -2.80. The number of rotatable bonds is 9. The lowest BCUT2D eigenvalue weighted by atomic mass is 10.1. The van der Waals surface area contributed by atoms with Crippen molar-refractivity contribution in [3.05, 3.63) is 59.4 Å². The predicted molar refractivity (Wildman–Crippen MR) is 107 cm³/mol. The fourth-order valence-electron chi connectivity index (χ4n) is 2.69. The first-order chi connectivity index (χ1) is 13.3. The minimum absolute atomic E-state index is 0.0621. The molecule has 28 heavy (non-hydrogen) atoms. The zero-order valence-electron chi connectivity index (χ0n) is 17.0.